The summed E-state index contributed by atoms with van der Waals surface area (Å²) >= 11 is 12.2. The van der Waals surface area contributed by atoms with E-state index in [0.29, 0.717) is 39.2 Å². The lowest BCUT2D eigenvalue weighted by atomic mass is 10.0. The van der Waals surface area contributed by atoms with E-state index in [4.69, 9.17) is 32.7 Å². The highest BCUT2D eigenvalue weighted by atomic mass is 35.5. The summed E-state index contributed by atoms with van der Waals surface area (Å²) < 4.78 is 24.7. The van der Waals surface area contributed by atoms with Crippen LogP contribution in [-0.2, 0) is 17.8 Å². The molecule has 0 fully saturated rings. The Kier molecular flexibility index (Phi) is 8.91. The number of rotatable bonds is 9. The van der Waals surface area contributed by atoms with E-state index in [-0.39, 0.29) is 12.2 Å². The third kappa shape index (κ3) is 6.86. The van der Waals surface area contributed by atoms with Crippen molar-refractivity contribution in [1.29, 1.82) is 5.26 Å². The zero-order valence-corrected chi connectivity index (χ0v) is 20.3. The first-order valence-electron chi connectivity index (χ1n) is 10.4. The van der Waals surface area contributed by atoms with Crippen LogP contribution in [0.4, 0.5) is 10.1 Å². The molecule has 0 unspecified atom stereocenters. The summed E-state index contributed by atoms with van der Waals surface area (Å²) in [5.41, 5.74) is 2.28. The molecule has 0 aromatic heterocycles. The third-order valence-electron chi connectivity index (χ3n) is 4.90. The van der Waals surface area contributed by atoms with E-state index in [1.165, 1.54) is 37.5 Å². The summed E-state index contributed by atoms with van der Waals surface area (Å²) in [5.74, 6) is -0.149. The highest BCUT2D eigenvalue weighted by Gasteiger charge is 2.16. The van der Waals surface area contributed by atoms with Crippen molar-refractivity contribution in [3.63, 3.8) is 0 Å². The Balaban J connectivity index is 1.90. The molecule has 0 saturated heterocycles. The van der Waals surface area contributed by atoms with Gasteiger partial charge in [0.1, 0.15) is 24.1 Å². The van der Waals surface area contributed by atoms with Crippen LogP contribution in [0.1, 0.15) is 16.7 Å². The molecule has 3 aromatic carbocycles. The molecule has 3 rings (SSSR count). The number of hydrogen-bond donors (Lipinski definition) is 1. The number of carbonyl (C=O) groups excluding carboxylic acids is 1. The Morgan fingerprint density at radius 1 is 1.14 bits per heavy atom. The summed E-state index contributed by atoms with van der Waals surface area (Å²) in [6.07, 6.45) is 3.59. The predicted molar refractivity (Wildman–Crippen MR) is 136 cm³/mol. The molecule has 35 heavy (non-hydrogen) atoms. The van der Waals surface area contributed by atoms with Gasteiger partial charge in [-0.25, -0.2) is 4.39 Å². The fraction of sp³-hybridized carbons (Fsp3) is 0.111. The number of nitrogens with one attached hydrogen (secondary N) is 1. The molecule has 3 aromatic rings. The Morgan fingerprint density at radius 2 is 1.89 bits per heavy atom. The van der Waals surface area contributed by atoms with Gasteiger partial charge in [-0.3, -0.25) is 4.79 Å². The molecule has 1 amide bonds. The maximum atomic E-state index is 13.1. The van der Waals surface area contributed by atoms with Crippen LogP contribution in [0.25, 0.3) is 6.08 Å². The Morgan fingerprint density at radius 3 is 2.51 bits per heavy atom. The van der Waals surface area contributed by atoms with Crippen molar-refractivity contribution in [3.05, 3.63) is 105 Å². The maximum absolute atomic E-state index is 13.1. The van der Waals surface area contributed by atoms with Gasteiger partial charge in [-0.2, -0.15) is 5.26 Å². The smallest absolute Gasteiger partial charge is 0.266 e. The molecule has 5 nitrogen and oxygen atoms in total. The standard InChI is InChI=1S/C27H21Cl2FN2O3/c1-3-4-18-11-17(12-20(15-31)27(33)32-23-9-7-22(30)8-10-23)13-25(34-2)26(18)35-16-19-5-6-21(28)14-24(19)29/h3,5-14H,1,4,16H2,2H3,(H,32,33)/b20-12+. The third-order valence-corrected chi connectivity index (χ3v) is 5.49. The van der Waals surface area contributed by atoms with Crippen molar-refractivity contribution in [2.24, 2.45) is 0 Å². The van der Waals surface area contributed by atoms with Gasteiger partial charge in [-0.15, -0.1) is 6.58 Å². The second-order valence-corrected chi connectivity index (χ2v) is 8.20. The van der Waals surface area contributed by atoms with E-state index >= 15 is 0 Å². The lowest BCUT2D eigenvalue weighted by Gasteiger charge is -2.16. The van der Waals surface area contributed by atoms with Gasteiger partial charge in [0.15, 0.2) is 11.5 Å². The number of nitriles is 1. The molecule has 0 atom stereocenters. The largest absolute Gasteiger partial charge is 0.493 e. The minimum Gasteiger partial charge on any atom is -0.493 e. The summed E-state index contributed by atoms with van der Waals surface area (Å²) in [5, 5.41) is 13.1. The lowest BCUT2D eigenvalue weighted by Crippen LogP contribution is -2.13. The summed E-state index contributed by atoms with van der Waals surface area (Å²) in [4.78, 5) is 12.6. The molecule has 0 bridgehead atoms. The number of amides is 1. The van der Waals surface area contributed by atoms with Crippen molar-refractivity contribution in [2.45, 2.75) is 13.0 Å². The van der Waals surface area contributed by atoms with Crippen LogP contribution >= 0.6 is 23.2 Å². The molecule has 8 heteroatoms. The first-order chi connectivity index (χ1) is 16.8. The number of nitrogens with zero attached hydrogens (tertiary/aromatic N) is 1. The lowest BCUT2D eigenvalue weighted by molar-refractivity contribution is -0.112. The van der Waals surface area contributed by atoms with Gasteiger partial charge in [0.05, 0.1) is 7.11 Å². The van der Waals surface area contributed by atoms with E-state index in [1.807, 2.05) is 6.07 Å². The van der Waals surface area contributed by atoms with E-state index in [1.54, 1.807) is 36.4 Å². The number of anilines is 1. The van der Waals surface area contributed by atoms with Gasteiger partial charge in [0.2, 0.25) is 0 Å². The highest BCUT2D eigenvalue weighted by molar-refractivity contribution is 6.35. The fourth-order valence-electron chi connectivity index (χ4n) is 3.23. The van der Waals surface area contributed by atoms with Crippen LogP contribution in [0.15, 0.2) is 72.8 Å². The van der Waals surface area contributed by atoms with E-state index in [0.717, 1.165) is 11.1 Å². The first kappa shape index (κ1) is 25.8. The SMILES string of the molecule is C=CCc1cc(/C=C(\C#N)C(=O)Nc2ccc(F)cc2)cc(OC)c1OCc1ccc(Cl)cc1Cl. The topological polar surface area (TPSA) is 71.4 Å². The van der Waals surface area contributed by atoms with E-state index in [2.05, 4.69) is 11.9 Å². The number of hydrogen-bond acceptors (Lipinski definition) is 4. The number of benzene rings is 3. The normalized spacial score (nSPS) is 10.9. The van der Waals surface area contributed by atoms with Gasteiger partial charge in [-0.1, -0.05) is 35.3 Å². The van der Waals surface area contributed by atoms with Crippen LogP contribution < -0.4 is 14.8 Å². The zero-order valence-electron chi connectivity index (χ0n) is 18.8. The summed E-state index contributed by atoms with van der Waals surface area (Å²) in [6, 6.07) is 15.7. The van der Waals surface area contributed by atoms with E-state index in [9.17, 15) is 14.4 Å². The molecular weight excluding hydrogens is 490 g/mol. The molecule has 0 radical (unpaired) electrons. The first-order valence-corrected chi connectivity index (χ1v) is 11.2. The van der Waals surface area contributed by atoms with Crippen molar-refractivity contribution in [1.82, 2.24) is 0 Å². The van der Waals surface area contributed by atoms with Crippen molar-refractivity contribution in [2.75, 3.05) is 12.4 Å². The van der Waals surface area contributed by atoms with Crippen LogP contribution in [0.5, 0.6) is 11.5 Å². The molecule has 178 valence electrons. The second kappa shape index (κ2) is 12.1. The minimum atomic E-state index is -0.624. The summed E-state index contributed by atoms with van der Waals surface area (Å²) in [6.45, 7) is 3.97. The quantitative estimate of drug-likeness (QED) is 0.191. The molecule has 0 spiro atoms. The van der Waals surface area contributed by atoms with Crippen LogP contribution in [0, 0.1) is 17.1 Å². The number of carbonyl (C=O) groups is 1. The Hall–Kier alpha value is -3.79. The number of methoxy groups -OCH3 is 1. The molecule has 0 saturated carbocycles. The van der Waals surface area contributed by atoms with Gasteiger partial charge >= 0.3 is 0 Å². The fourth-order valence-corrected chi connectivity index (χ4v) is 3.69. The molecular formula is C27H21Cl2FN2O3. The van der Waals surface area contributed by atoms with Crippen molar-refractivity contribution >= 4 is 40.9 Å². The average Bonchev–Trinajstić information content (AvgIpc) is 2.84. The van der Waals surface area contributed by atoms with Crippen molar-refractivity contribution in [3.8, 4) is 17.6 Å². The molecule has 0 heterocycles. The average molecular weight is 511 g/mol. The van der Waals surface area contributed by atoms with E-state index < -0.39 is 11.7 Å². The highest BCUT2D eigenvalue weighted by Crippen LogP contribution is 2.35. The van der Waals surface area contributed by atoms with Gasteiger partial charge in [0.25, 0.3) is 5.91 Å². The van der Waals surface area contributed by atoms with Crippen LogP contribution in [-0.4, -0.2) is 13.0 Å². The number of ether oxygens (including phenoxy) is 2. The van der Waals surface area contributed by atoms with Gasteiger partial charge in [0, 0.05) is 26.9 Å². The zero-order chi connectivity index (χ0) is 25.4. The Labute approximate surface area is 213 Å². The van der Waals surface area contributed by atoms with Crippen LogP contribution in [0.3, 0.4) is 0 Å². The van der Waals surface area contributed by atoms with Crippen molar-refractivity contribution < 1.29 is 18.7 Å². The molecule has 0 aliphatic heterocycles. The van der Waals surface area contributed by atoms with Gasteiger partial charge in [-0.05, 0) is 66.6 Å². The Bertz CT molecular complexity index is 1320. The monoisotopic (exact) mass is 510 g/mol. The molecule has 0 aliphatic rings. The van der Waals surface area contributed by atoms with Gasteiger partial charge < -0.3 is 14.8 Å². The summed E-state index contributed by atoms with van der Waals surface area (Å²) in [7, 11) is 1.50. The number of allylic oxidation sites excluding steroid dienone is 1. The predicted octanol–water partition coefficient (Wildman–Crippen LogP) is 6.99. The number of halogens is 3. The molecule has 1 N–H and O–H groups in total. The molecule has 0 aliphatic carbocycles. The van der Waals surface area contributed by atoms with Crippen LogP contribution in [0.2, 0.25) is 10.0 Å². The minimum absolute atomic E-state index is 0.137. The second-order valence-electron chi connectivity index (χ2n) is 7.36. The maximum Gasteiger partial charge on any atom is 0.266 e.